The predicted molar refractivity (Wildman–Crippen MR) is 89.9 cm³/mol. The summed E-state index contributed by atoms with van der Waals surface area (Å²) in [4.78, 5) is 0. The van der Waals surface area contributed by atoms with Crippen LogP contribution in [0.2, 0.25) is 0 Å². The van der Waals surface area contributed by atoms with Crippen LogP contribution in [0, 0.1) is 0 Å². The van der Waals surface area contributed by atoms with Crippen molar-refractivity contribution in [2.24, 2.45) is 0 Å². The molecule has 0 fully saturated rings. The molecule has 1 aromatic heterocycles. The minimum Gasteiger partial charge on any atom is -0.382 e. The molecular formula is C18H20N4. The number of nitrogen functional groups attached to an aromatic ring is 1. The summed E-state index contributed by atoms with van der Waals surface area (Å²) in [5.74, 6) is 1.12. The Morgan fingerprint density at radius 1 is 1.05 bits per heavy atom. The molecule has 4 nitrogen and oxygen atoms in total. The van der Waals surface area contributed by atoms with E-state index in [4.69, 9.17) is 5.73 Å². The number of aromatic nitrogens is 3. The monoisotopic (exact) mass is 292 g/mol. The van der Waals surface area contributed by atoms with E-state index in [9.17, 15) is 0 Å². The Labute approximate surface area is 130 Å². The Bertz CT molecular complexity index is 745. The van der Waals surface area contributed by atoms with Gasteiger partial charge in [-0.05, 0) is 30.0 Å². The summed E-state index contributed by atoms with van der Waals surface area (Å²) in [6.45, 7) is 4.43. The molecule has 2 N–H and O–H groups in total. The molecule has 2 aromatic carbocycles. The summed E-state index contributed by atoms with van der Waals surface area (Å²) < 4.78 is 1.66. The minimum atomic E-state index is 0.558. The van der Waals surface area contributed by atoms with E-state index >= 15 is 0 Å². The van der Waals surface area contributed by atoms with Crippen LogP contribution < -0.4 is 5.73 Å². The summed E-state index contributed by atoms with van der Waals surface area (Å²) in [7, 11) is 0. The Hall–Kier alpha value is -2.62. The van der Waals surface area contributed by atoms with Crippen molar-refractivity contribution in [1.29, 1.82) is 0 Å². The van der Waals surface area contributed by atoms with Gasteiger partial charge < -0.3 is 5.73 Å². The van der Waals surface area contributed by atoms with Crippen LogP contribution in [-0.4, -0.2) is 15.0 Å². The zero-order valence-electron chi connectivity index (χ0n) is 12.9. The van der Waals surface area contributed by atoms with Gasteiger partial charge in [0.15, 0.2) is 5.82 Å². The molecule has 1 atom stereocenters. The standard InChI is InChI=1S/C18H20N4/c1-3-13(2)14-9-11-15(12-10-14)17-18(19)22(21-20-17)16-7-5-4-6-8-16/h4-13H,3,19H2,1-2H3. The summed E-state index contributed by atoms with van der Waals surface area (Å²) >= 11 is 0. The van der Waals surface area contributed by atoms with Gasteiger partial charge in [0.2, 0.25) is 0 Å². The van der Waals surface area contributed by atoms with Gasteiger partial charge in [-0.2, -0.15) is 4.68 Å². The van der Waals surface area contributed by atoms with E-state index in [1.54, 1.807) is 4.68 Å². The van der Waals surface area contributed by atoms with E-state index in [1.165, 1.54) is 5.56 Å². The molecule has 112 valence electrons. The van der Waals surface area contributed by atoms with E-state index in [2.05, 4.69) is 48.4 Å². The maximum Gasteiger partial charge on any atom is 0.155 e. The lowest BCUT2D eigenvalue weighted by Gasteiger charge is -2.09. The van der Waals surface area contributed by atoms with Crippen LogP contribution in [0.15, 0.2) is 54.6 Å². The molecule has 0 amide bonds. The number of nitrogens with zero attached hydrogens (tertiary/aromatic N) is 3. The Morgan fingerprint density at radius 3 is 2.36 bits per heavy atom. The van der Waals surface area contributed by atoms with Gasteiger partial charge >= 0.3 is 0 Å². The molecule has 1 unspecified atom stereocenters. The number of para-hydroxylation sites is 1. The number of anilines is 1. The van der Waals surface area contributed by atoms with Gasteiger partial charge in [0.1, 0.15) is 5.69 Å². The van der Waals surface area contributed by atoms with Gasteiger partial charge in [0.05, 0.1) is 5.69 Å². The van der Waals surface area contributed by atoms with Crippen LogP contribution in [0.1, 0.15) is 31.7 Å². The van der Waals surface area contributed by atoms with E-state index in [0.29, 0.717) is 11.7 Å². The highest BCUT2D eigenvalue weighted by molar-refractivity contribution is 5.71. The number of rotatable bonds is 4. The van der Waals surface area contributed by atoms with Crippen molar-refractivity contribution < 1.29 is 0 Å². The van der Waals surface area contributed by atoms with Gasteiger partial charge in [-0.15, -0.1) is 5.10 Å². The predicted octanol–water partition coefficient (Wildman–Crippen LogP) is 4.03. The van der Waals surface area contributed by atoms with E-state index in [-0.39, 0.29) is 0 Å². The highest BCUT2D eigenvalue weighted by Gasteiger charge is 2.13. The van der Waals surface area contributed by atoms with Gasteiger partial charge in [-0.25, -0.2) is 0 Å². The average Bonchev–Trinajstić information content (AvgIpc) is 2.96. The third-order valence-corrected chi connectivity index (χ3v) is 4.07. The van der Waals surface area contributed by atoms with Crippen LogP contribution in [-0.2, 0) is 0 Å². The first-order valence-corrected chi connectivity index (χ1v) is 7.57. The SMILES string of the molecule is CCC(C)c1ccc(-c2nnn(-c3ccccc3)c2N)cc1. The van der Waals surface area contributed by atoms with Gasteiger partial charge in [0, 0.05) is 5.56 Å². The van der Waals surface area contributed by atoms with E-state index in [0.717, 1.165) is 23.4 Å². The van der Waals surface area contributed by atoms with Crippen LogP contribution in [0.25, 0.3) is 16.9 Å². The minimum absolute atomic E-state index is 0.558. The molecule has 4 heteroatoms. The lowest BCUT2D eigenvalue weighted by atomic mass is 9.97. The maximum absolute atomic E-state index is 6.23. The molecule has 3 rings (SSSR count). The molecule has 0 spiro atoms. The second-order valence-corrected chi connectivity index (χ2v) is 5.50. The second kappa shape index (κ2) is 6.02. The Kier molecular flexibility index (Phi) is 3.92. The third kappa shape index (κ3) is 2.60. The number of nitrogens with two attached hydrogens (primary N) is 1. The Balaban J connectivity index is 1.95. The van der Waals surface area contributed by atoms with Crippen LogP contribution in [0.4, 0.5) is 5.82 Å². The maximum atomic E-state index is 6.23. The van der Waals surface area contributed by atoms with Gasteiger partial charge in [-0.1, -0.05) is 61.5 Å². The van der Waals surface area contributed by atoms with Crippen molar-refractivity contribution in [3.63, 3.8) is 0 Å². The molecule has 0 aliphatic heterocycles. The second-order valence-electron chi connectivity index (χ2n) is 5.50. The van der Waals surface area contributed by atoms with Crippen molar-refractivity contribution in [3.05, 3.63) is 60.2 Å². The molecule has 0 radical (unpaired) electrons. The van der Waals surface area contributed by atoms with E-state index < -0.39 is 0 Å². The quantitative estimate of drug-likeness (QED) is 0.790. The van der Waals surface area contributed by atoms with Crippen LogP contribution in [0.5, 0.6) is 0 Å². The molecule has 22 heavy (non-hydrogen) atoms. The third-order valence-electron chi connectivity index (χ3n) is 4.07. The van der Waals surface area contributed by atoms with Crippen molar-refractivity contribution in [3.8, 4) is 16.9 Å². The summed E-state index contributed by atoms with van der Waals surface area (Å²) in [6.07, 6.45) is 1.13. The summed E-state index contributed by atoms with van der Waals surface area (Å²) in [6, 6.07) is 18.2. The number of hydrogen-bond acceptors (Lipinski definition) is 3. The fourth-order valence-corrected chi connectivity index (χ4v) is 2.46. The lowest BCUT2D eigenvalue weighted by Crippen LogP contribution is -2.02. The first-order valence-electron chi connectivity index (χ1n) is 7.57. The summed E-state index contributed by atoms with van der Waals surface area (Å²) in [5, 5.41) is 8.42. The number of benzene rings is 2. The average molecular weight is 292 g/mol. The van der Waals surface area contributed by atoms with Crippen LogP contribution in [0.3, 0.4) is 0 Å². The molecular weight excluding hydrogens is 272 g/mol. The lowest BCUT2D eigenvalue weighted by molar-refractivity contribution is 0.734. The first kappa shape index (κ1) is 14.3. The smallest absolute Gasteiger partial charge is 0.155 e. The van der Waals surface area contributed by atoms with E-state index in [1.807, 2.05) is 30.3 Å². The van der Waals surface area contributed by atoms with Gasteiger partial charge in [0.25, 0.3) is 0 Å². The molecule has 0 saturated heterocycles. The Morgan fingerprint density at radius 2 is 1.73 bits per heavy atom. The molecule has 0 bridgehead atoms. The largest absolute Gasteiger partial charge is 0.382 e. The summed E-state index contributed by atoms with van der Waals surface area (Å²) in [5.41, 5.74) is 10.2. The first-order chi connectivity index (χ1) is 10.7. The molecule has 0 aliphatic rings. The van der Waals surface area contributed by atoms with Crippen molar-refractivity contribution in [1.82, 2.24) is 15.0 Å². The highest BCUT2D eigenvalue weighted by Crippen LogP contribution is 2.27. The zero-order valence-corrected chi connectivity index (χ0v) is 12.9. The molecule has 0 aliphatic carbocycles. The van der Waals surface area contributed by atoms with Gasteiger partial charge in [-0.3, -0.25) is 0 Å². The fraction of sp³-hybridized carbons (Fsp3) is 0.222. The normalized spacial score (nSPS) is 12.3. The highest BCUT2D eigenvalue weighted by atomic mass is 15.5. The molecule has 0 saturated carbocycles. The molecule has 1 heterocycles. The zero-order chi connectivity index (χ0) is 15.5. The van der Waals surface area contributed by atoms with Crippen LogP contribution >= 0.6 is 0 Å². The van der Waals surface area contributed by atoms with Crippen molar-refractivity contribution in [2.45, 2.75) is 26.2 Å². The molecule has 3 aromatic rings. The van der Waals surface area contributed by atoms with Crippen molar-refractivity contribution >= 4 is 5.82 Å². The topological polar surface area (TPSA) is 56.7 Å². The number of hydrogen-bond donors (Lipinski definition) is 1. The fourth-order valence-electron chi connectivity index (χ4n) is 2.46. The van der Waals surface area contributed by atoms with Crippen molar-refractivity contribution in [2.75, 3.05) is 5.73 Å².